The van der Waals surface area contributed by atoms with Crippen LogP contribution in [0.3, 0.4) is 0 Å². The molecule has 1 heterocycles. The van der Waals surface area contributed by atoms with Crippen LogP contribution < -0.4 is 36.8 Å². The smallest absolute Gasteiger partial charge is 0.375 e. The first kappa shape index (κ1) is 13.6. The van der Waals surface area contributed by atoms with Gasteiger partial charge < -0.3 is 5.14 Å². The molecule has 0 bridgehead atoms. The molecule has 15 heteroatoms. The molecule has 0 aliphatic carbocycles. The fraction of sp³-hybridized carbons (Fsp3) is 0. The minimum atomic E-state index is 0.0478. The van der Waals surface area contributed by atoms with Gasteiger partial charge in [0.05, 0.1) is 31.2 Å². The summed E-state index contributed by atoms with van der Waals surface area (Å²) in [5.74, 6) is 0. The number of nitrogens with zero attached hydrogens (tertiary/aromatic N) is 2. The van der Waals surface area contributed by atoms with Gasteiger partial charge in [-0.2, -0.15) is 0 Å². The molecule has 0 aromatic rings. The van der Waals surface area contributed by atoms with Crippen LogP contribution in [0.5, 0.6) is 0 Å². The van der Waals surface area contributed by atoms with Crippen molar-refractivity contribution in [3.05, 3.63) is 0 Å². The molecule has 0 atom stereocenters. The molecule has 1 fully saturated rings. The van der Waals surface area contributed by atoms with E-state index in [1.165, 1.54) is 0 Å². The molecule has 15 heavy (non-hydrogen) atoms. The first-order chi connectivity index (χ1) is 7.33. The Morgan fingerprint density at radius 2 is 1.47 bits per heavy atom. The third-order valence-corrected chi connectivity index (χ3v) is 2.67. The monoisotopic (exact) mass is 261 g/mol. The Morgan fingerprint density at radius 1 is 0.933 bits per heavy atom. The van der Waals surface area contributed by atoms with Crippen molar-refractivity contribution in [2.45, 2.75) is 0 Å². The number of nitrogens with one attached hydrogen (secondary N) is 7. The molecule has 0 unspecified atom stereocenters. The van der Waals surface area contributed by atoms with Gasteiger partial charge in [0, 0.05) is 0 Å². The maximum absolute atomic E-state index is 3.26. The van der Waals surface area contributed by atoms with E-state index in [1.54, 1.807) is 0 Å². The molecular formula is H18B3N9Si3. The number of hydrogen-bond acceptors (Lipinski definition) is 9. The van der Waals surface area contributed by atoms with Gasteiger partial charge in [0.1, 0.15) is 0 Å². The zero-order valence-corrected chi connectivity index (χ0v) is 15.4. The first-order valence-corrected chi connectivity index (χ1v) is 7.84. The summed E-state index contributed by atoms with van der Waals surface area (Å²) >= 11 is 0. The maximum atomic E-state index is 3.26. The van der Waals surface area contributed by atoms with Crippen LogP contribution in [0.4, 0.5) is 0 Å². The summed E-state index contributed by atoms with van der Waals surface area (Å²) < 4.78 is 0. The van der Waals surface area contributed by atoms with Gasteiger partial charge in [-0.3, -0.25) is 30.3 Å². The van der Waals surface area contributed by atoms with Gasteiger partial charge in [0.15, 0.2) is 0 Å². The minimum absolute atomic E-state index is 0.0478. The lowest BCUT2D eigenvalue weighted by Gasteiger charge is -2.40. The van der Waals surface area contributed by atoms with Gasteiger partial charge in [-0.1, -0.05) is 0 Å². The molecule has 1 aliphatic rings. The summed E-state index contributed by atoms with van der Waals surface area (Å²) in [6.07, 6.45) is 0. The highest BCUT2D eigenvalue weighted by Crippen LogP contribution is 1.91. The first-order valence-electron chi connectivity index (χ1n) is 4.84. The molecule has 7 N–H and O–H groups in total. The Labute approximate surface area is 100 Å². The van der Waals surface area contributed by atoms with E-state index in [9.17, 15) is 0 Å². The van der Waals surface area contributed by atoms with Crippen molar-refractivity contribution in [2.75, 3.05) is 0 Å². The Hall–Kier alpha value is 0.485. The largest absolute Gasteiger partial charge is 0.423 e. The number of hydrogen-bond donors (Lipinski definition) is 7. The second-order valence-electron chi connectivity index (χ2n) is 3.00. The van der Waals surface area contributed by atoms with Gasteiger partial charge in [-0.15, -0.1) is 0 Å². The summed E-state index contributed by atoms with van der Waals surface area (Å²) in [7, 11) is 4.29. The highest BCUT2D eigenvalue weighted by molar-refractivity contribution is 6.72. The molecule has 84 valence electrons. The molecule has 1 aliphatic heterocycles. The zero-order valence-electron chi connectivity index (χ0n) is 9.39. The fourth-order valence-electron chi connectivity index (χ4n) is 1.41. The highest BCUT2D eigenvalue weighted by atomic mass is 28.2. The molecule has 0 radical (unpaired) electrons. The van der Waals surface area contributed by atoms with Crippen molar-refractivity contribution < 1.29 is 0 Å². The minimum Gasteiger partial charge on any atom is -0.375 e. The van der Waals surface area contributed by atoms with Crippen LogP contribution in [0.15, 0.2) is 0 Å². The highest BCUT2D eigenvalue weighted by Gasteiger charge is 2.35. The number of rotatable bonds is 6. The Kier molecular flexibility index (Phi) is 6.96. The van der Waals surface area contributed by atoms with E-state index < -0.39 is 0 Å². The third-order valence-electron chi connectivity index (χ3n) is 1.94. The van der Waals surface area contributed by atoms with E-state index in [0.29, 0.717) is 0 Å². The van der Waals surface area contributed by atoms with Gasteiger partial charge in [-0.25, -0.2) is 11.1 Å². The average molecular weight is 261 g/mol. The van der Waals surface area contributed by atoms with Crippen LogP contribution in [0.2, 0.25) is 0 Å². The van der Waals surface area contributed by atoms with Crippen molar-refractivity contribution >= 4 is 53.4 Å². The van der Waals surface area contributed by atoms with Crippen molar-refractivity contribution in [3.63, 3.8) is 0 Å². The van der Waals surface area contributed by atoms with Crippen molar-refractivity contribution in [2.24, 2.45) is 0 Å². The Balaban J connectivity index is 2.53. The van der Waals surface area contributed by atoms with E-state index in [4.69, 9.17) is 0 Å². The topological polar surface area (TPSA) is 90.7 Å². The summed E-state index contributed by atoms with van der Waals surface area (Å²) in [4.78, 5) is 4.04. The Morgan fingerprint density at radius 3 is 1.87 bits per heavy atom. The third kappa shape index (κ3) is 4.09. The lowest BCUT2D eigenvalue weighted by molar-refractivity contribution is 0.349. The molecule has 0 spiro atoms. The van der Waals surface area contributed by atoms with Crippen molar-refractivity contribution in [1.82, 2.24) is 46.5 Å². The van der Waals surface area contributed by atoms with Crippen molar-refractivity contribution in [1.29, 1.82) is 0 Å². The molecule has 0 aromatic carbocycles. The molecule has 0 aromatic heterocycles. The summed E-state index contributed by atoms with van der Waals surface area (Å²) in [6.45, 7) is 0. The van der Waals surface area contributed by atoms with E-state index in [-0.39, 0.29) is 7.12 Å². The average Bonchev–Trinajstić information content (AvgIpc) is 2.23. The molecular weight excluding hydrogens is 243 g/mol. The molecule has 1 saturated heterocycles. The molecule has 0 saturated carbocycles. The van der Waals surface area contributed by atoms with Gasteiger partial charge in [0.25, 0.3) is 15.1 Å². The van der Waals surface area contributed by atoms with Crippen LogP contribution in [0.25, 0.3) is 0 Å². The zero-order chi connectivity index (χ0) is 11.1. The van der Waals surface area contributed by atoms with Crippen LogP contribution >= 0.6 is 0 Å². The molecule has 9 nitrogen and oxygen atoms in total. The second-order valence-corrected chi connectivity index (χ2v) is 4.50. The molecule has 0 amide bonds. The number of hydrazine groups is 5. The maximum Gasteiger partial charge on any atom is 0.423 e. The predicted octanol–water partition coefficient (Wildman–Crippen LogP) is -9.33. The van der Waals surface area contributed by atoms with Crippen LogP contribution in [-0.2, 0) is 0 Å². The van der Waals surface area contributed by atoms with E-state index in [1.807, 2.05) is 9.66 Å². The Bertz CT molecular complexity index is 153. The lowest BCUT2D eigenvalue weighted by Crippen LogP contribution is -2.80. The summed E-state index contributed by atoms with van der Waals surface area (Å²) in [5.41, 5.74) is 6.21. The standard InChI is InChI=1S/B3H18N9Si3/c13-8-5-3-11(6-9-14)1-4-2-12(3)7-10-15/h1-2,4-10H,13-15H3. The quantitative estimate of drug-likeness (QED) is 0.186. The van der Waals surface area contributed by atoms with Gasteiger partial charge in [0.2, 0.25) is 0 Å². The predicted molar refractivity (Wildman–Crippen MR) is 75.5 cm³/mol. The second kappa shape index (κ2) is 7.71. The van der Waals surface area contributed by atoms with E-state index in [0.717, 1.165) is 46.3 Å². The van der Waals surface area contributed by atoms with Gasteiger partial charge >= 0.3 is 7.12 Å². The SMILES string of the molecule is [SiH3]NNB1N(NN[SiH3])BNBN1NN[SiH3]. The summed E-state index contributed by atoms with van der Waals surface area (Å²) in [6, 6.07) is 0. The van der Waals surface area contributed by atoms with E-state index >= 15 is 0 Å². The van der Waals surface area contributed by atoms with Crippen molar-refractivity contribution in [3.8, 4) is 0 Å². The van der Waals surface area contributed by atoms with Crippen LogP contribution in [0.1, 0.15) is 0 Å². The van der Waals surface area contributed by atoms with Gasteiger partial charge in [-0.05, 0) is 0 Å². The summed E-state index contributed by atoms with van der Waals surface area (Å²) in [5, 5.41) is 15.6. The van der Waals surface area contributed by atoms with Crippen LogP contribution in [0, 0.1) is 0 Å². The molecule has 1 rings (SSSR count). The van der Waals surface area contributed by atoms with Crippen LogP contribution in [-0.4, -0.2) is 63.1 Å². The normalized spacial score (nSPS) is 19.3. The lowest BCUT2D eigenvalue weighted by atomic mass is 9.73. The van der Waals surface area contributed by atoms with E-state index in [2.05, 4.69) is 36.8 Å². The fourth-order valence-corrected chi connectivity index (χ4v) is 2.24.